The van der Waals surface area contributed by atoms with E-state index in [1.54, 1.807) is 23.3 Å². The molecular weight excluding hydrogens is 358 g/mol. The minimum absolute atomic E-state index is 0.124. The molecule has 1 saturated heterocycles. The highest BCUT2D eigenvalue weighted by Crippen LogP contribution is 2.27. The number of carbonyl (C=O) groups is 3. The van der Waals surface area contributed by atoms with Gasteiger partial charge in [-0.3, -0.25) is 14.4 Å². The summed E-state index contributed by atoms with van der Waals surface area (Å²) in [6, 6.07) is 3.14. The number of rotatable bonds is 7. The van der Waals surface area contributed by atoms with Crippen LogP contribution in [0.4, 0.5) is 0 Å². The number of nitrogens with one attached hydrogen (secondary N) is 2. The number of hydrogen-bond donors (Lipinski definition) is 2. The summed E-state index contributed by atoms with van der Waals surface area (Å²) in [4.78, 5) is 39.8. The molecule has 2 atom stereocenters. The summed E-state index contributed by atoms with van der Waals surface area (Å²) < 4.78 is 5.45. The van der Waals surface area contributed by atoms with Crippen LogP contribution in [0.2, 0.25) is 0 Å². The lowest BCUT2D eigenvalue weighted by Crippen LogP contribution is -2.62. The molecular formula is C21H31N3O4. The first-order chi connectivity index (χ1) is 13.4. The number of carbonyl (C=O) groups excluding carboxylic acids is 3. The Balaban J connectivity index is 1.82. The molecule has 0 aromatic carbocycles. The van der Waals surface area contributed by atoms with Gasteiger partial charge >= 0.3 is 0 Å². The van der Waals surface area contributed by atoms with Gasteiger partial charge in [0.1, 0.15) is 17.3 Å². The van der Waals surface area contributed by atoms with Gasteiger partial charge in [0, 0.05) is 12.5 Å². The highest BCUT2D eigenvalue weighted by atomic mass is 16.3. The van der Waals surface area contributed by atoms with Crippen LogP contribution in [0.25, 0.3) is 0 Å². The van der Waals surface area contributed by atoms with E-state index in [1.165, 1.54) is 6.42 Å². The van der Waals surface area contributed by atoms with Crippen LogP contribution in [-0.2, 0) is 20.9 Å². The maximum atomic E-state index is 13.3. The predicted molar refractivity (Wildman–Crippen MR) is 104 cm³/mol. The Labute approximate surface area is 166 Å². The van der Waals surface area contributed by atoms with E-state index in [2.05, 4.69) is 10.6 Å². The first kappa shape index (κ1) is 20.4. The van der Waals surface area contributed by atoms with Gasteiger partial charge in [0.25, 0.3) is 0 Å². The maximum absolute atomic E-state index is 13.3. The summed E-state index contributed by atoms with van der Waals surface area (Å²) in [6.45, 7) is 3.92. The number of furan rings is 1. The van der Waals surface area contributed by atoms with Gasteiger partial charge in [0.2, 0.25) is 17.7 Å². The SMILES string of the molecule is CC[C@@](C)(C(=O)NC1CCCCC1)N(Cc1ccco1)C(=O)[C@H]1CCC(=O)N1. The van der Waals surface area contributed by atoms with Gasteiger partial charge in [-0.05, 0) is 44.7 Å². The van der Waals surface area contributed by atoms with Gasteiger partial charge in [-0.2, -0.15) is 0 Å². The Morgan fingerprint density at radius 1 is 1.29 bits per heavy atom. The molecule has 0 unspecified atom stereocenters. The summed E-state index contributed by atoms with van der Waals surface area (Å²) in [6.07, 6.45) is 8.24. The fourth-order valence-corrected chi connectivity index (χ4v) is 4.10. The molecule has 1 aliphatic carbocycles. The van der Waals surface area contributed by atoms with Gasteiger partial charge in [-0.1, -0.05) is 26.2 Å². The topological polar surface area (TPSA) is 91.7 Å². The molecule has 1 saturated carbocycles. The quantitative estimate of drug-likeness (QED) is 0.749. The first-order valence-electron chi connectivity index (χ1n) is 10.4. The highest BCUT2D eigenvalue weighted by Gasteiger charge is 2.44. The van der Waals surface area contributed by atoms with Gasteiger partial charge in [0.15, 0.2) is 0 Å². The van der Waals surface area contributed by atoms with Crippen molar-refractivity contribution in [2.75, 3.05) is 0 Å². The molecule has 0 radical (unpaired) electrons. The molecule has 2 aliphatic rings. The minimum Gasteiger partial charge on any atom is -0.467 e. The van der Waals surface area contributed by atoms with Crippen molar-refractivity contribution in [3.8, 4) is 0 Å². The van der Waals surface area contributed by atoms with Crippen LogP contribution in [0.5, 0.6) is 0 Å². The van der Waals surface area contributed by atoms with Crippen LogP contribution < -0.4 is 10.6 Å². The third-order valence-electron chi connectivity index (χ3n) is 6.17. The van der Waals surface area contributed by atoms with Crippen LogP contribution in [-0.4, -0.2) is 40.2 Å². The zero-order valence-corrected chi connectivity index (χ0v) is 16.8. The van der Waals surface area contributed by atoms with Gasteiger partial charge in [0.05, 0.1) is 12.8 Å². The van der Waals surface area contributed by atoms with E-state index in [9.17, 15) is 14.4 Å². The standard InChI is InChI=1S/C21H31N3O4/c1-3-21(2,20(27)22-15-8-5-4-6-9-15)24(14-16-10-7-13-28-16)19(26)17-11-12-18(25)23-17/h7,10,13,15,17H,3-6,8-9,11-12,14H2,1-2H3,(H,22,27)(H,23,25)/t17-,21+/m1/s1. The highest BCUT2D eigenvalue weighted by molar-refractivity contribution is 5.95. The molecule has 0 spiro atoms. The zero-order valence-electron chi connectivity index (χ0n) is 16.8. The predicted octanol–water partition coefficient (Wildman–Crippen LogP) is 2.50. The molecule has 2 N–H and O–H groups in total. The van der Waals surface area contributed by atoms with Crippen molar-refractivity contribution in [1.82, 2.24) is 15.5 Å². The lowest BCUT2D eigenvalue weighted by atomic mass is 9.90. The van der Waals surface area contributed by atoms with E-state index in [0.29, 0.717) is 25.0 Å². The molecule has 1 aliphatic heterocycles. The lowest BCUT2D eigenvalue weighted by molar-refractivity contribution is -0.150. The molecule has 1 aromatic rings. The van der Waals surface area contributed by atoms with Crippen LogP contribution in [0, 0.1) is 0 Å². The van der Waals surface area contributed by atoms with Crippen molar-refractivity contribution in [1.29, 1.82) is 0 Å². The monoisotopic (exact) mass is 389 g/mol. The maximum Gasteiger partial charge on any atom is 0.246 e. The lowest BCUT2D eigenvalue weighted by Gasteiger charge is -2.41. The number of nitrogens with zero attached hydrogens (tertiary/aromatic N) is 1. The van der Waals surface area contributed by atoms with E-state index < -0.39 is 11.6 Å². The molecule has 2 fully saturated rings. The minimum atomic E-state index is -1.02. The average molecular weight is 389 g/mol. The van der Waals surface area contributed by atoms with E-state index >= 15 is 0 Å². The summed E-state index contributed by atoms with van der Waals surface area (Å²) >= 11 is 0. The number of amides is 3. The molecule has 2 heterocycles. The van der Waals surface area contributed by atoms with Crippen LogP contribution in [0.3, 0.4) is 0 Å². The van der Waals surface area contributed by atoms with E-state index in [-0.39, 0.29) is 30.3 Å². The van der Waals surface area contributed by atoms with Crippen molar-refractivity contribution in [3.63, 3.8) is 0 Å². The third-order valence-corrected chi connectivity index (χ3v) is 6.17. The molecule has 28 heavy (non-hydrogen) atoms. The molecule has 3 amide bonds. The Kier molecular flexibility index (Phi) is 6.42. The van der Waals surface area contributed by atoms with Crippen molar-refractivity contribution >= 4 is 17.7 Å². The van der Waals surface area contributed by atoms with Gasteiger partial charge < -0.3 is 20.0 Å². The zero-order chi connectivity index (χ0) is 20.1. The Morgan fingerprint density at radius 3 is 2.61 bits per heavy atom. The molecule has 0 bridgehead atoms. The van der Waals surface area contributed by atoms with E-state index in [1.807, 2.05) is 13.8 Å². The Bertz CT molecular complexity index is 697. The van der Waals surface area contributed by atoms with E-state index in [4.69, 9.17) is 4.42 Å². The van der Waals surface area contributed by atoms with Crippen molar-refractivity contribution in [3.05, 3.63) is 24.2 Å². The second kappa shape index (κ2) is 8.80. The Morgan fingerprint density at radius 2 is 2.04 bits per heavy atom. The summed E-state index contributed by atoms with van der Waals surface area (Å²) in [5, 5.41) is 5.91. The van der Waals surface area contributed by atoms with Crippen molar-refractivity contribution in [2.45, 2.75) is 89.4 Å². The van der Waals surface area contributed by atoms with Crippen LogP contribution in [0.1, 0.15) is 71.0 Å². The second-order valence-electron chi connectivity index (χ2n) is 8.10. The van der Waals surface area contributed by atoms with Gasteiger partial charge in [-0.15, -0.1) is 0 Å². The molecule has 7 heteroatoms. The molecule has 7 nitrogen and oxygen atoms in total. The first-order valence-corrected chi connectivity index (χ1v) is 10.4. The summed E-state index contributed by atoms with van der Waals surface area (Å²) in [5.41, 5.74) is -1.02. The van der Waals surface area contributed by atoms with Gasteiger partial charge in [-0.25, -0.2) is 0 Å². The van der Waals surface area contributed by atoms with Crippen molar-refractivity contribution < 1.29 is 18.8 Å². The molecule has 1 aromatic heterocycles. The second-order valence-corrected chi connectivity index (χ2v) is 8.10. The fraction of sp³-hybridized carbons (Fsp3) is 0.667. The van der Waals surface area contributed by atoms with E-state index in [0.717, 1.165) is 25.7 Å². The fourth-order valence-electron chi connectivity index (χ4n) is 4.10. The Hall–Kier alpha value is -2.31. The molecule has 154 valence electrons. The van der Waals surface area contributed by atoms with Crippen LogP contribution in [0.15, 0.2) is 22.8 Å². The smallest absolute Gasteiger partial charge is 0.246 e. The normalized spacial score (nSPS) is 22.4. The molecule has 3 rings (SSSR count). The summed E-state index contributed by atoms with van der Waals surface area (Å²) in [7, 11) is 0. The van der Waals surface area contributed by atoms with Crippen molar-refractivity contribution in [2.24, 2.45) is 0 Å². The largest absolute Gasteiger partial charge is 0.467 e. The summed E-state index contributed by atoms with van der Waals surface area (Å²) in [5.74, 6) is 0.125. The average Bonchev–Trinajstić information content (AvgIpc) is 3.37. The third kappa shape index (κ3) is 4.39. The van der Waals surface area contributed by atoms with Crippen LogP contribution >= 0.6 is 0 Å². The number of hydrogen-bond acceptors (Lipinski definition) is 4.